The second-order valence-corrected chi connectivity index (χ2v) is 8.55. The lowest BCUT2D eigenvalue weighted by atomic mass is 10.1. The van der Waals surface area contributed by atoms with Gasteiger partial charge >= 0.3 is 0 Å². The predicted octanol–water partition coefficient (Wildman–Crippen LogP) is 4.54. The number of amides is 1. The molecule has 1 atom stereocenters. The van der Waals surface area contributed by atoms with Crippen LogP contribution in [0.3, 0.4) is 0 Å². The summed E-state index contributed by atoms with van der Waals surface area (Å²) >= 11 is 0. The molecule has 6 rings (SSSR count). The summed E-state index contributed by atoms with van der Waals surface area (Å²) in [4.78, 5) is 26.9. The molecule has 0 aliphatic carbocycles. The van der Waals surface area contributed by atoms with Crippen molar-refractivity contribution in [3.05, 3.63) is 67.5 Å². The molecule has 10 nitrogen and oxygen atoms in total. The van der Waals surface area contributed by atoms with Crippen LogP contribution in [0.2, 0.25) is 0 Å². The van der Waals surface area contributed by atoms with Crippen LogP contribution >= 0.6 is 0 Å². The summed E-state index contributed by atoms with van der Waals surface area (Å²) < 4.78 is 12.0. The Hall–Kier alpha value is -4.73. The van der Waals surface area contributed by atoms with Crippen molar-refractivity contribution in [3.8, 4) is 23.0 Å². The Morgan fingerprint density at radius 3 is 2.92 bits per heavy atom. The van der Waals surface area contributed by atoms with Crippen LogP contribution in [0.25, 0.3) is 33.7 Å². The summed E-state index contributed by atoms with van der Waals surface area (Å²) in [6, 6.07) is 13.0. The zero-order valence-electron chi connectivity index (χ0n) is 19.3. The largest absolute Gasteiger partial charge is 0.456 e. The van der Waals surface area contributed by atoms with E-state index in [1.807, 2.05) is 36.4 Å². The normalized spacial score (nSPS) is 15.8. The first-order chi connectivity index (χ1) is 17.7. The van der Waals surface area contributed by atoms with Gasteiger partial charge < -0.3 is 19.4 Å². The highest BCUT2D eigenvalue weighted by Gasteiger charge is 2.24. The summed E-state index contributed by atoms with van der Waals surface area (Å²) in [5, 5.41) is 11.6. The van der Waals surface area contributed by atoms with Crippen molar-refractivity contribution in [2.75, 3.05) is 18.4 Å². The molecule has 1 aliphatic heterocycles. The number of benzene rings is 1. The predicted molar refractivity (Wildman–Crippen MR) is 135 cm³/mol. The molecule has 1 aromatic carbocycles. The Morgan fingerprint density at radius 2 is 2.08 bits per heavy atom. The third-order valence-electron chi connectivity index (χ3n) is 6.17. The number of nitrogens with one attached hydrogen (secondary N) is 2. The van der Waals surface area contributed by atoms with Gasteiger partial charge in [0.15, 0.2) is 22.7 Å². The molecule has 5 heterocycles. The highest BCUT2D eigenvalue weighted by atomic mass is 16.5. The lowest BCUT2D eigenvalue weighted by Gasteiger charge is -2.32. The maximum absolute atomic E-state index is 12.1. The number of anilines is 1. The minimum Gasteiger partial charge on any atom is -0.456 e. The van der Waals surface area contributed by atoms with E-state index in [0.717, 1.165) is 30.3 Å². The molecule has 1 aliphatic rings. The lowest BCUT2D eigenvalue weighted by molar-refractivity contribution is -0.127. The molecule has 0 bridgehead atoms. The zero-order chi connectivity index (χ0) is 24.5. The molecule has 0 unspecified atom stereocenters. The molecular formula is C26H23N7O3. The Labute approximate surface area is 206 Å². The Bertz CT molecular complexity index is 1520. The van der Waals surface area contributed by atoms with Gasteiger partial charge in [0.05, 0.1) is 0 Å². The van der Waals surface area contributed by atoms with Gasteiger partial charge in [0, 0.05) is 43.2 Å². The van der Waals surface area contributed by atoms with Crippen molar-refractivity contribution in [2.45, 2.75) is 18.9 Å². The molecule has 1 amide bonds. The van der Waals surface area contributed by atoms with Gasteiger partial charge in [-0.15, -0.1) is 0 Å². The summed E-state index contributed by atoms with van der Waals surface area (Å²) in [6.45, 7) is 4.91. The summed E-state index contributed by atoms with van der Waals surface area (Å²) in [5.41, 5.74) is 2.64. The number of hydrogen-bond acceptors (Lipinski definition) is 8. The molecule has 5 aromatic rings. The molecule has 2 N–H and O–H groups in total. The van der Waals surface area contributed by atoms with E-state index in [9.17, 15) is 4.79 Å². The number of carbonyl (C=O) groups is 1. The zero-order valence-corrected chi connectivity index (χ0v) is 19.3. The quantitative estimate of drug-likeness (QED) is 0.339. The van der Waals surface area contributed by atoms with E-state index >= 15 is 0 Å². The number of H-pyrrole nitrogens is 1. The molecule has 1 fully saturated rings. The maximum atomic E-state index is 12.1. The number of fused-ring (bicyclic) bond motifs is 2. The molecule has 0 saturated carbocycles. The van der Waals surface area contributed by atoms with E-state index in [0.29, 0.717) is 46.6 Å². The number of hydrogen-bond donors (Lipinski definition) is 2. The molecule has 1 saturated heterocycles. The van der Waals surface area contributed by atoms with Crippen LogP contribution in [0.5, 0.6) is 11.5 Å². The molecule has 0 radical (unpaired) electrons. The van der Waals surface area contributed by atoms with E-state index in [1.165, 1.54) is 6.08 Å². The fraction of sp³-hybridized carbons (Fsp3) is 0.192. The van der Waals surface area contributed by atoms with Crippen molar-refractivity contribution in [1.29, 1.82) is 0 Å². The van der Waals surface area contributed by atoms with Crippen LogP contribution in [0.1, 0.15) is 12.8 Å². The number of likely N-dealkylation sites (tertiary alicyclic amines) is 1. The second kappa shape index (κ2) is 9.14. The number of aromatic nitrogens is 5. The van der Waals surface area contributed by atoms with Crippen molar-refractivity contribution in [3.63, 3.8) is 0 Å². The molecule has 36 heavy (non-hydrogen) atoms. The fourth-order valence-corrected chi connectivity index (χ4v) is 4.41. The van der Waals surface area contributed by atoms with Gasteiger partial charge in [-0.3, -0.25) is 9.89 Å². The van der Waals surface area contributed by atoms with Gasteiger partial charge in [-0.1, -0.05) is 6.58 Å². The first kappa shape index (κ1) is 21.8. The summed E-state index contributed by atoms with van der Waals surface area (Å²) in [5.74, 6) is 2.34. The number of rotatable bonds is 6. The van der Waals surface area contributed by atoms with Crippen molar-refractivity contribution >= 4 is 34.0 Å². The van der Waals surface area contributed by atoms with Crippen LogP contribution in [-0.4, -0.2) is 55.1 Å². The molecular weight excluding hydrogens is 458 g/mol. The number of piperidine rings is 1. The average molecular weight is 482 g/mol. The molecule has 180 valence electrons. The second-order valence-electron chi connectivity index (χ2n) is 8.55. The Balaban J connectivity index is 1.23. The third-order valence-corrected chi connectivity index (χ3v) is 6.17. The van der Waals surface area contributed by atoms with Crippen LogP contribution in [0, 0.1) is 0 Å². The third kappa shape index (κ3) is 4.13. The molecule has 4 aromatic heterocycles. The van der Waals surface area contributed by atoms with Crippen LogP contribution in [0.15, 0.2) is 71.9 Å². The first-order valence-corrected chi connectivity index (χ1v) is 11.7. The minimum absolute atomic E-state index is 0.0587. The number of ether oxygens (including phenoxy) is 1. The standard InChI is InChI=1S/C26H23N7O3/c1-2-21(34)33-14-4-5-17(15-33)29-25-22-19(11-13-28-24(22)31-32-25)35-18-9-7-16(8-10-18)26-30-23-20(36-26)6-3-12-27-23/h2-3,6-13,17H,1,4-5,14-15H2,(H2,28,29,31,32)/t17-/m1/s1. The van der Waals surface area contributed by atoms with E-state index in [-0.39, 0.29) is 11.9 Å². The monoisotopic (exact) mass is 481 g/mol. The average Bonchev–Trinajstić information content (AvgIpc) is 3.54. The number of carbonyl (C=O) groups excluding carboxylic acids is 1. The number of oxazole rings is 1. The van der Waals surface area contributed by atoms with E-state index in [4.69, 9.17) is 9.15 Å². The van der Waals surface area contributed by atoms with E-state index in [1.54, 1.807) is 23.4 Å². The maximum Gasteiger partial charge on any atom is 0.246 e. The van der Waals surface area contributed by atoms with Gasteiger partial charge in [-0.2, -0.15) is 10.1 Å². The van der Waals surface area contributed by atoms with Crippen molar-refractivity contribution in [1.82, 2.24) is 30.0 Å². The van der Waals surface area contributed by atoms with Crippen LogP contribution in [0.4, 0.5) is 5.82 Å². The summed E-state index contributed by atoms with van der Waals surface area (Å²) in [6.07, 6.45) is 6.55. The fourth-order valence-electron chi connectivity index (χ4n) is 4.41. The van der Waals surface area contributed by atoms with Gasteiger partial charge in [-0.25, -0.2) is 9.97 Å². The smallest absolute Gasteiger partial charge is 0.246 e. The molecule has 0 spiro atoms. The van der Waals surface area contributed by atoms with Crippen molar-refractivity contribution < 1.29 is 13.9 Å². The number of nitrogens with zero attached hydrogens (tertiary/aromatic N) is 5. The number of pyridine rings is 2. The van der Waals surface area contributed by atoms with Gasteiger partial charge in [0.2, 0.25) is 11.8 Å². The van der Waals surface area contributed by atoms with Gasteiger partial charge in [0.1, 0.15) is 16.9 Å². The Kier molecular flexibility index (Phi) is 5.53. The SMILES string of the molecule is C=CC(=O)N1CCC[C@@H](Nc2n[nH]c3nccc(Oc4ccc(-c5nc6ncccc6o5)cc4)c23)C1. The van der Waals surface area contributed by atoms with Crippen molar-refractivity contribution in [2.24, 2.45) is 0 Å². The van der Waals surface area contributed by atoms with Gasteiger partial charge in [0.25, 0.3) is 0 Å². The van der Waals surface area contributed by atoms with Gasteiger partial charge in [-0.05, 0) is 55.3 Å². The minimum atomic E-state index is -0.0587. The summed E-state index contributed by atoms with van der Waals surface area (Å²) in [7, 11) is 0. The van der Waals surface area contributed by atoms with E-state index in [2.05, 4.69) is 37.0 Å². The topological polar surface area (TPSA) is 122 Å². The Morgan fingerprint density at radius 1 is 1.19 bits per heavy atom. The highest BCUT2D eigenvalue weighted by Crippen LogP contribution is 2.34. The molecule has 10 heteroatoms. The number of aromatic amines is 1. The first-order valence-electron chi connectivity index (χ1n) is 11.7. The highest BCUT2D eigenvalue weighted by molar-refractivity contribution is 5.93. The van der Waals surface area contributed by atoms with Crippen LogP contribution < -0.4 is 10.1 Å². The lowest BCUT2D eigenvalue weighted by Crippen LogP contribution is -2.44. The van der Waals surface area contributed by atoms with E-state index < -0.39 is 0 Å². The van der Waals surface area contributed by atoms with Crippen LogP contribution in [-0.2, 0) is 4.79 Å².